The van der Waals surface area contributed by atoms with Crippen LogP contribution >= 0.6 is 23.2 Å². The highest BCUT2D eigenvalue weighted by Crippen LogP contribution is 2.38. The van der Waals surface area contributed by atoms with Gasteiger partial charge >= 0.3 is 5.69 Å². The van der Waals surface area contributed by atoms with Crippen molar-refractivity contribution in [2.24, 2.45) is 0 Å². The third-order valence-corrected chi connectivity index (χ3v) is 4.85. The molecule has 0 radical (unpaired) electrons. The van der Waals surface area contributed by atoms with Crippen molar-refractivity contribution in [3.05, 3.63) is 62.4 Å². The number of para-hydroxylation sites is 2. The predicted molar refractivity (Wildman–Crippen MR) is 96.4 cm³/mol. The molecular weight excluding hydrogens is 379 g/mol. The van der Waals surface area contributed by atoms with E-state index in [1.54, 1.807) is 22.8 Å². The van der Waals surface area contributed by atoms with Crippen LogP contribution in [0.15, 0.2) is 35.1 Å². The normalized spacial score (nSPS) is 16.3. The average molecular weight is 393 g/mol. The highest BCUT2D eigenvalue weighted by Gasteiger charge is 2.28. The molecular formula is C17H14Cl2N4O3. The fourth-order valence-electron chi connectivity index (χ4n) is 3.09. The molecule has 1 aliphatic heterocycles. The van der Waals surface area contributed by atoms with Crippen molar-refractivity contribution in [2.75, 3.05) is 0 Å². The first kappa shape index (κ1) is 16.9. The molecule has 0 aliphatic carbocycles. The molecule has 1 aliphatic rings. The van der Waals surface area contributed by atoms with Gasteiger partial charge in [0, 0.05) is 6.42 Å². The first-order chi connectivity index (χ1) is 12.5. The summed E-state index contributed by atoms with van der Waals surface area (Å²) in [5.41, 5.74) is 0.173. The number of fused-ring (bicyclic) bond motifs is 1. The number of phenols is 1. The number of nitrogens with zero attached hydrogens (tertiary/aromatic N) is 3. The molecule has 7 nitrogen and oxygen atoms in total. The molecule has 0 saturated heterocycles. The number of hydrogen-bond acceptors (Lipinski definition) is 5. The molecule has 3 aromatic rings. The van der Waals surface area contributed by atoms with E-state index in [0.29, 0.717) is 29.4 Å². The summed E-state index contributed by atoms with van der Waals surface area (Å²) < 4.78 is 7.23. The minimum absolute atomic E-state index is 0.0344. The lowest BCUT2D eigenvalue weighted by Crippen LogP contribution is -2.29. The third-order valence-electron chi connectivity index (χ3n) is 4.28. The Balaban J connectivity index is 1.78. The Morgan fingerprint density at radius 3 is 2.88 bits per heavy atom. The van der Waals surface area contributed by atoms with Gasteiger partial charge in [-0.2, -0.15) is 5.10 Å². The first-order valence-electron chi connectivity index (χ1n) is 8.02. The monoisotopic (exact) mass is 392 g/mol. The number of aryl methyl sites for hydroxylation is 1. The summed E-state index contributed by atoms with van der Waals surface area (Å²) in [4.78, 5) is 16.6. The van der Waals surface area contributed by atoms with Gasteiger partial charge < -0.3 is 9.84 Å². The van der Waals surface area contributed by atoms with Crippen LogP contribution in [0.5, 0.6) is 17.4 Å². The third kappa shape index (κ3) is 2.93. The second-order valence-electron chi connectivity index (χ2n) is 5.94. The molecule has 9 heteroatoms. The standard InChI is InChI=1S/C17H14Cl2N4O3/c18-9-8-10(19)16(26-13-6-2-1-5-12(13)24)20-15(9)11-4-3-7-14-21-22-17(25)23(11)14/h1-2,5-6,8,11,24H,3-4,7H2,(H,22,25). The van der Waals surface area contributed by atoms with Crippen LogP contribution in [0.25, 0.3) is 0 Å². The number of nitrogens with one attached hydrogen (secondary N) is 1. The summed E-state index contributed by atoms with van der Waals surface area (Å²) in [6, 6.07) is 7.67. The van der Waals surface area contributed by atoms with E-state index < -0.39 is 0 Å². The Hall–Kier alpha value is -2.51. The van der Waals surface area contributed by atoms with Crippen LogP contribution in [0, 0.1) is 0 Å². The molecule has 3 heterocycles. The second kappa shape index (κ2) is 6.66. The maximum Gasteiger partial charge on any atom is 0.343 e. The number of aromatic nitrogens is 4. The van der Waals surface area contributed by atoms with E-state index in [2.05, 4.69) is 15.2 Å². The average Bonchev–Trinajstić information content (AvgIpc) is 3.01. The smallest absolute Gasteiger partial charge is 0.343 e. The Morgan fingerprint density at radius 2 is 2.08 bits per heavy atom. The maximum atomic E-state index is 12.1. The number of benzene rings is 1. The molecule has 1 unspecified atom stereocenters. The Bertz CT molecular complexity index is 1030. The molecule has 0 fully saturated rings. The fraction of sp³-hybridized carbons (Fsp3) is 0.235. The highest BCUT2D eigenvalue weighted by molar-refractivity contribution is 6.35. The van der Waals surface area contributed by atoms with Gasteiger partial charge in [0.25, 0.3) is 0 Å². The van der Waals surface area contributed by atoms with E-state index in [9.17, 15) is 9.90 Å². The summed E-state index contributed by atoms with van der Waals surface area (Å²) in [6.45, 7) is 0. The van der Waals surface area contributed by atoms with Crippen molar-refractivity contribution in [3.8, 4) is 17.4 Å². The summed E-state index contributed by atoms with van der Waals surface area (Å²) >= 11 is 12.6. The van der Waals surface area contributed by atoms with Crippen molar-refractivity contribution >= 4 is 23.2 Å². The van der Waals surface area contributed by atoms with E-state index >= 15 is 0 Å². The van der Waals surface area contributed by atoms with Crippen molar-refractivity contribution in [1.82, 2.24) is 19.7 Å². The minimum atomic E-state index is -0.360. The van der Waals surface area contributed by atoms with Gasteiger partial charge in [-0.3, -0.25) is 4.57 Å². The van der Waals surface area contributed by atoms with E-state index in [1.165, 1.54) is 12.1 Å². The minimum Gasteiger partial charge on any atom is -0.504 e. The van der Waals surface area contributed by atoms with Crippen LogP contribution in [-0.4, -0.2) is 24.9 Å². The molecule has 134 valence electrons. The fourth-order valence-corrected chi connectivity index (χ4v) is 3.62. The molecule has 0 bridgehead atoms. The molecule has 0 spiro atoms. The molecule has 4 rings (SSSR count). The Morgan fingerprint density at radius 1 is 1.27 bits per heavy atom. The molecule has 0 amide bonds. The van der Waals surface area contributed by atoms with Gasteiger partial charge in [-0.05, 0) is 31.0 Å². The number of hydrogen-bond donors (Lipinski definition) is 2. The topological polar surface area (TPSA) is 93.0 Å². The van der Waals surface area contributed by atoms with Crippen molar-refractivity contribution in [3.63, 3.8) is 0 Å². The highest BCUT2D eigenvalue weighted by atomic mass is 35.5. The lowest BCUT2D eigenvalue weighted by atomic mass is 10.0. The first-order valence-corrected chi connectivity index (χ1v) is 8.77. The molecule has 1 atom stereocenters. The van der Waals surface area contributed by atoms with Gasteiger partial charge in [-0.15, -0.1) is 0 Å². The van der Waals surface area contributed by atoms with Crippen LogP contribution in [0.4, 0.5) is 0 Å². The van der Waals surface area contributed by atoms with Crippen LogP contribution in [0.2, 0.25) is 10.0 Å². The largest absolute Gasteiger partial charge is 0.504 e. The number of halogens is 2. The Kier molecular flexibility index (Phi) is 4.34. The van der Waals surface area contributed by atoms with Gasteiger partial charge in [-0.25, -0.2) is 14.9 Å². The predicted octanol–water partition coefficient (Wildman–Crippen LogP) is 3.70. The summed E-state index contributed by atoms with van der Waals surface area (Å²) in [7, 11) is 0. The van der Waals surface area contributed by atoms with Crippen molar-refractivity contribution < 1.29 is 9.84 Å². The second-order valence-corrected chi connectivity index (χ2v) is 6.75. The van der Waals surface area contributed by atoms with Gasteiger partial charge in [-0.1, -0.05) is 35.3 Å². The molecule has 2 aromatic heterocycles. The van der Waals surface area contributed by atoms with Gasteiger partial charge in [0.05, 0.1) is 16.8 Å². The van der Waals surface area contributed by atoms with E-state index in [0.717, 1.165) is 6.42 Å². The van der Waals surface area contributed by atoms with Crippen molar-refractivity contribution in [2.45, 2.75) is 25.3 Å². The number of H-pyrrole nitrogens is 1. The summed E-state index contributed by atoms with van der Waals surface area (Å²) in [6.07, 6.45) is 2.25. The Labute approximate surface area is 158 Å². The number of phenolic OH excluding ortho intramolecular Hbond substituents is 1. The van der Waals surface area contributed by atoms with E-state index in [4.69, 9.17) is 27.9 Å². The lowest BCUT2D eigenvalue weighted by molar-refractivity contribution is 0.394. The van der Waals surface area contributed by atoms with E-state index in [1.807, 2.05) is 0 Å². The number of pyridine rings is 1. The SMILES string of the molecule is O=c1[nH]nc2n1C(c1nc(Oc3ccccc3O)c(Cl)cc1Cl)CCC2. The maximum absolute atomic E-state index is 12.1. The summed E-state index contributed by atoms with van der Waals surface area (Å²) in [5.74, 6) is 0.964. The lowest BCUT2D eigenvalue weighted by Gasteiger charge is -2.24. The molecule has 0 saturated carbocycles. The van der Waals surface area contributed by atoms with Crippen LogP contribution in [0.3, 0.4) is 0 Å². The van der Waals surface area contributed by atoms with Gasteiger partial charge in [0.15, 0.2) is 11.5 Å². The zero-order valence-corrected chi connectivity index (χ0v) is 15.0. The van der Waals surface area contributed by atoms with Gasteiger partial charge in [0.1, 0.15) is 10.8 Å². The summed E-state index contributed by atoms with van der Waals surface area (Å²) in [5, 5.41) is 17.0. The zero-order chi connectivity index (χ0) is 18.3. The quantitative estimate of drug-likeness (QED) is 0.708. The van der Waals surface area contributed by atoms with Crippen LogP contribution in [0.1, 0.15) is 30.4 Å². The van der Waals surface area contributed by atoms with Crippen LogP contribution < -0.4 is 10.4 Å². The number of aromatic hydroxyl groups is 1. The molecule has 2 N–H and O–H groups in total. The van der Waals surface area contributed by atoms with E-state index in [-0.39, 0.29) is 34.1 Å². The zero-order valence-electron chi connectivity index (χ0n) is 13.4. The van der Waals surface area contributed by atoms with Crippen LogP contribution in [-0.2, 0) is 6.42 Å². The van der Waals surface area contributed by atoms with Crippen molar-refractivity contribution in [1.29, 1.82) is 0 Å². The molecule has 1 aromatic carbocycles. The number of ether oxygens (including phenoxy) is 1. The number of aromatic amines is 1. The molecule has 26 heavy (non-hydrogen) atoms. The number of rotatable bonds is 3. The van der Waals surface area contributed by atoms with Gasteiger partial charge in [0.2, 0.25) is 5.88 Å².